The number of anilines is 1. The van der Waals surface area contributed by atoms with Crippen LogP contribution in [0.15, 0.2) is 53.4 Å². The number of hydrogen-bond donors (Lipinski definition) is 2. The molecule has 1 atom stereocenters. The van der Waals surface area contributed by atoms with E-state index in [0.29, 0.717) is 30.7 Å². The SMILES string of the molecule is CCC1(c2ccc(NC(=O)CSc3ccc(C)cc3)cc2)CCC(=O)NC1=O. The summed E-state index contributed by atoms with van der Waals surface area (Å²) in [6.45, 7) is 3.98. The minimum atomic E-state index is -0.683. The lowest BCUT2D eigenvalue weighted by Gasteiger charge is -2.35. The summed E-state index contributed by atoms with van der Waals surface area (Å²) in [5, 5.41) is 5.34. The molecule has 2 aromatic carbocycles. The fourth-order valence-corrected chi connectivity index (χ4v) is 4.12. The number of piperidine rings is 1. The Bertz CT molecular complexity index is 878. The zero-order chi connectivity index (χ0) is 20.1. The number of hydrogen-bond acceptors (Lipinski definition) is 4. The number of carbonyl (C=O) groups excluding carboxylic acids is 3. The van der Waals surface area contributed by atoms with E-state index in [2.05, 4.69) is 10.6 Å². The van der Waals surface area contributed by atoms with Crippen molar-refractivity contribution in [2.75, 3.05) is 11.1 Å². The summed E-state index contributed by atoms with van der Waals surface area (Å²) in [6, 6.07) is 15.4. The van der Waals surface area contributed by atoms with Gasteiger partial charge in [0.15, 0.2) is 0 Å². The molecule has 5 nitrogen and oxygen atoms in total. The van der Waals surface area contributed by atoms with Crippen LogP contribution in [0.1, 0.15) is 37.3 Å². The molecule has 1 heterocycles. The van der Waals surface area contributed by atoms with E-state index in [0.717, 1.165) is 10.5 Å². The summed E-state index contributed by atoms with van der Waals surface area (Å²) in [4.78, 5) is 37.2. The highest BCUT2D eigenvalue weighted by atomic mass is 32.2. The quantitative estimate of drug-likeness (QED) is 0.575. The lowest BCUT2D eigenvalue weighted by molar-refractivity contribution is -0.138. The molecule has 6 heteroatoms. The second kappa shape index (κ2) is 8.61. The predicted molar refractivity (Wildman–Crippen MR) is 111 cm³/mol. The average molecular weight is 397 g/mol. The lowest BCUT2D eigenvalue weighted by Crippen LogP contribution is -2.51. The third kappa shape index (κ3) is 4.44. The molecule has 3 rings (SSSR count). The molecule has 0 radical (unpaired) electrons. The molecule has 0 spiro atoms. The van der Waals surface area contributed by atoms with Crippen molar-refractivity contribution in [3.05, 3.63) is 59.7 Å². The lowest BCUT2D eigenvalue weighted by atomic mass is 9.72. The first-order valence-electron chi connectivity index (χ1n) is 9.37. The highest BCUT2D eigenvalue weighted by Crippen LogP contribution is 2.36. The molecule has 0 aromatic heterocycles. The molecule has 1 unspecified atom stereocenters. The maximum atomic E-state index is 12.5. The highest BCUT2D eigenvalue weighted by Gasteiger charge is 2.42. The predicted octanol–water partition coefficient (Wildman–Crippen LogP) is 3.81. The summed E-state index contributed by atoms with van der Waals surface area (Å²) in [6.07, 6.45) is 1.46. The number of benzene rings is 2. The van der Waals surface area contributed by atoms with Gasteiger partial charge in [-0.05, 0) is 49.6 Å². The molecule has 2 N–H and O–H groups in total. The molecule has 1 saturated heterocycles. The number of imide groups is 1. The van der Waals surface area contributed by atoms with Gasteiger partial charge in [0, 0.05) is 17.0 Å². The number of thioether (sulfide) groups is 1. The van der Waals surface area contributed by atoms with Crippen LogP contribution in [0, 0.1) is 6.92 Å². The molecule has 2 aromatic rings. The summed E-state index contributed by atoms with van der Waals surface area (Å²) >= 11 is 1.49. The number of aryl methyl sites for hydroxylation is 1. The zero-order valence-corrected chi connectivity index (χ0v) is 16.9. The minimum absolute atomic E-state index is 0.0791. The highest BCUT2D eigenvalue weighted by molar-refractivity contribution is 8.00. The van der Waals surface area contributed by atoms with Gasteiger partial charge in [-0.25, -0.2) is 0 Å². The largest absolute Gasteiger partial charge is 0.325 e. The molecule has 1 aliphatic rings. The van der Waals surface area contributed by atoms with E-state index in [1.165, 1.54) is 17.3 Å². The monoisotopic (exact) mass is 396 g/mol. The minimum Gasteiger partial charge on any atom is -0.325 e. The van der Waals surface area contributed by atoms with Gasteiger partial charge in [0.1, 0.15) is 0 Å². The van der Waals surface area contributed by atoms with Crippen LogP contribution in [0.2, 0.25) is 0 Å². The van der Waals surface area contributed by atoms with Crippen molar-refractivity contribution >= 4 is 35.2 Å². The van der Waals surface area contributed by atoms with Crippen LogP contribution in [0.25, 0.3) is 0 Å². The summed E-state index contributed by atoms with van der Waals surface area (Å²) in [5.74, 6) is -0.208. The van der Waals surface area contributed by atoms with E-state index in [-0.39, 0.29) is 17.7 Å². The summed E-state index contributed by atoms with van der Waals surface area (Å²) in [5.41, 5.74) is 2.07. The number of carbonyl (C=O) groups is 3. The van der Waals surface area contributed by atoms with E-state index < -0.39 is 5.41 Å². The van der Waals surface area contributed by atoms with Crippen LogP contribution >= 0.6 is 11.8 Å². The van der Waals surface area contributed by atoms with Gasteiger partial charge in [-0.15, -0.1) is 11.8 Å². The second-order valence-corrected chi connectivity index (χ2v) is 8.09. The van der Waals surface area contributed by atoms with Gasteiger partial charge in [-0.1, -0.05) is 36.8 Å². The van der Waals surface area contributed by atoms with Crippen LogP contribution in [0.3, 0.4) is 0 Å². The Labute approximate surface area is 169 Å². The normalized spacial score (nSPS) is 19.2. The Hall–Kier alpha value is -2.60. The van der Waals surface area contributed by atoms with Gasteiger partial charge in [-0.2, -0.15) is 0 Å². The third-order valence-electron chi connectivity index (χ3n) is 5.18. The fraction of sp³-hybridized carbons (Fsp3) is 0.318. The number of amides is 3. The topological polar surface area (TPSA) is 75.3 Å². The van der Waals surface area contributed by atoms with Gasteiger partial charge >= 0.3 is 0 Å². The third-order valence-corrected chi connectivity index (χ3v) is 6.19. The molecular formula is C22H24N2O3S. The van der Waals surface area contributed by atoms with Crippen LogP contribution in [0.4, 0.5) is 5.69 Å². The van der Waals surface area contributed by atoms with Crippen molar-refractivity contribution in [1.29, 1.82) is 0 Å². The Balaban J connectivity index is 1.62. The van der Waals surface area contributed by atoms with Gasteiger partial charge < -0.3 is 5.32 Å². The summed E-state index contributed by atoms with van der Waals surface area (Å²) < 4.78 is 0. The van der Waals surface area contributed by atoms with E-state index in [1.807, 2.05) is 62.4 Å². The first-order valence-corrected chi connectivity index (χ1v) is 10.4. The first-order chi connectivity index (χ1) is 13.4. The molecule has 1 aliphatic heterocycles. The Morgan fingerprint density at radius 3 is 2.39 bits per heavy atom. The maximum absolute atomic E-state index is 12.5. The van der Waals surface area contributed by atoms with Crippen molar-refractivity contribution in [2.45, 2.75) is 43.4 Å². The molecule has 0 bridgehead atoms. The van der Waals surface area contributed by atoms with Crippen LogP contribution in [-0.4, -0.2) is 23.5 Å². The van der Waals surface area contributed by atoms with Crippen LogP contribution in [-0.2, 0) is 19.8 Å². The standard InChI is InChI=1S/C22H24N2O3S/c1-3-22(13-12-19(25)24-21(22)27)16-6-8-17(9-7-16)23-20(26)14-28-18-10-4-15(2)5-11-18/h4-11H,3,12-14H2,1-2H3,(H,23,26)(H,24,25,27). The van der Waals surface area contributed by atoms with E-state index in [4.69, 9.17) is 0 Å². The first kappa shape index (κ1) is 20.1. The van der Waals surface area contributed by atoms with Gasteiger partial charge in [0.2, 0.25) is 17.7 Å². The van der Waals surface area contributed by atoms with E-state index in [1.54, 1.807) is 0 Å². The Kier molecular flexibility index (Phi) is 6.19. The van der Waals surface area contributed by atoms with Crippen molar-refractivity contribution in [3.63, 3.8) is 0 Å². The molecule has 146 valence electrons. The van der Waals surface area contributed by atoms with Crippen LogP contribution in [0.5, 0.6) is 0 Å². The van der Waals surface area contributed by atoms with Crippen molar-refractivity contribution in [3.8, 4) is 0 Å². The maximum Gasteiger partial charge on any atom is 0.237 e. The molecule has 3 amide bonds. The van der Waals surface area contributed by atoms with Gasteiger partial charge in [0.25, 0.3) is 0 Å². The molecule has 0 aliphatic carbocycles. The van der Waals surface area contributed by atoms with Gasteiger partial charge in [0.05, 0.1) is 11.2 Å². The zero-order valence-electron chi connectivity index (χ0n) is 16.1. The van der Waals surface area contributed by atoms with Crippen LogP contribution < -0.4 is 10.6 Å². The average Bonchev–Trinajstić information content (AvgIpc) is 2.69. The molecular weight excluding hydrogens is 372 g/mol. The number of nitrogens with one attached hydrogen (secondary N) is 2. The van der Waals surface area contributed by atoms with E-state index >= 15 is 0 Å². The smallest absolute Gasteiger partial charge is 0.237 e. The Morgan fingerprint density at radius 1 is 1.11 bits per heavy atom. The Morgan fingerprint density at radius 2 is 1.79 bits per heavy atom. The second-order valence-electron chi connectivity index (χ2n) is 7.04. The summed E-state index contributed by atoms with van der Waals surface area (Å²) in [7, 11) is 0. The number of rotatable bonds is 6. The molecule has 1 fully saturated rings. The van der Waals surface area contributed by atoms with Gasteiger partial charge in [-0.3, -0.25) is 19.7 Å². The van der Waals surface area contributed by atoms with Crippen molar-refractivity contribution < 1.29 is 14.4 Å². The molecule has 28 heavy (non-hydrogen) atoms. The van der Waals surface area contributed by atoms with Crippen molar-refractivity contribution in [2.24, 2.45) is 0 Å². The van der Waals surface area contributed by atoms with Crippen molar-refractivity contribution in [1.82, 2.24) is 5.32 Å². The fourth-order valence-electron chi connectivity index (χ4n) is 3.42. The van der Waals surface area contributed by atoms with E-state index in [9.17, 15) is 14.4 Å². The molecule has 0 saturated carbocycles.